The van der Waals surface area contributed by atoms with Crippen LogP contribution >= 0.6 is 11.8 Å². The van der Waals surface area contributed by atoms with Crippen molar-refractivity contribution in [2.75, 3.05) is 23.7 Å². The number of nitrogens with two attached hydrogens (primary N) is 1. The van der Waals surface area contributed by atoms with E-state index in [1.165, 1.54) is 6.07 Å². The zero-order chi connectivity index (χ0) is 14.0. The predicted molar refractivity (Wildman–Crippen MR) is 73.5 cm³/mol. The average Bonchev–Trinajstić information content (AvgIpc) is 2.37. The number of hydrogen-bond donors (Lipinski definition) is 1. The molecule has 1 aromatic rings. The molecule has 106 valence electrons. The van der Waals surface area contributed by atoms with Gasteiger partial charge in [-0.15, -0.1) is 0 Å². The monoisotopic (exact) mass is 290 g/mol. The molecule has 1 unspecified atom stereocenters. The molecule has 6 heteroatoms. The normalized spacial score (nSPS) is 20.7. The second-order valence-electron chi connectivity index (χ2n) is 4.68. The first kappa shape index (κ1) is 14.5. The van der Waals surface area contributed by atoms with Crippen LogP contribution in [-0.4, -0.2) is 24.1 Å². The van der Waals surface area contributed by atoms with Crippen molar-refractivity contribution in [3.05, 3.63) is 29.3 Å². The molecule has 2 N–H and O–H groups in total. The highest BCUT2D eigenvalue weighted by atomic mass is 32.2. The third kappa shape index (κ3) is 3.36. The maximum Gasteiger partial charge on any atom is 0.418 e. The molecule has 1 saturated heterocycles. The molecule has 0 aliphatic carbocycles. The fourth-order valence-corrected chi connectivity index (χ4v) is 3.26. The molecular weight excluding hydrogens is 273 g/mol. The van der Waals surface area contributed by atoms with Crippen molar-refractivity contribution in [3.63, 3.8) is 0 Å². The van der Waals surface area contributed by atoms with E-state index in [9.17, 15) is 13.2 Å². The molecule has 1 aromatic carbocycles. The Bertz CT molecular complexity index is 448. The minimum absolute atomic E-state index is 0.121. The largest absolute Gasteiger partial charge is 0.418 e. The molecule has 19 heavy (non-hydrogen) atoms. The topological polar surface area (TPSA) is 29.3 Å². The van der Waals surface area contributed by atoms with E-state index in [0.717, 1.165) is 5.75 Å². The van der Waals surface area contributed by atoms with Crippen LogP contribution in [0.15, 0.2) is 18.2 Å². The van der Waals surface area contributed by atoms with Crippen LogP contribution in [0.3, 0.4) is 0 Å². The molecule has 0 spiro atoms. The maximum atomic E-state index is 13.1. The molecule has 2 rings (SSSR count). The Morgan fingerprint density at radius 2 is 2.16 bits per heavy atom. The van der Waals surface area contributed by atoms with E-state index in [2.05, 4.69) is 0 Å². The van der Waals surface area contributed by atoms with Crippen molar-refractivity contribution in [2.24, 2.45) is 5.73 Å². The number of thioether (sulfide) groups is 1. The Morgan fingerprint density at radius 3 is 2.74 bits per heavy atom. The molecule has 0 aromatic heterocycles. The van der Waals surface area contributed by atoms with Crippen molar-refractivity contribution in [1.29, 1.82) is 0 Å². The fraction of sp³-hybridized carbons (Fsp3) is 0.538. The minimum Gasteiger partial charge on any atom is -0.369 e. The summed E-state index contributed by atoms with van der Waals surface area (Å²) in [6.45, 7) is 3.46. The first-order valence-electron chi connectivity index (χ1n) is 6.18. The summed E-state index contributed by atoms with van der Waals surface area (Å²) in [5.41, 5.74) is 5.64. The van der Waals surface area contributed by atoms with Crippen molar-refractivity contribution < 1.29 is 13.2 Å². The molecule has 0 amide bonds. The number of benzene rings is 1. The zero-order valence-corrected chi connectivity index (χ0v) is 11.5. The van der Waals surface area contributed by atoms with E-state index in [1.807, 2.05) is 11.8 Å². The second kappa shape index (κ2) is 5.63. The molecule has 0 saturated carbocycles. The van der Waals surface area contributed by atoms with Gasteiger partial charge in [-0.3, -0.25) is 0 Å². The molecule has 0 bridgehead atoms. The van der Waals surface area contributed by atoms with E-state index in [4.69, 9.17) is 5.73 Å². The first-order valence-corrected chi connectivity index (χ1v) is 7.23. The molecule has 1 aliphatic heterocycles. The van der Waals surface area contributed by atoms with Gasteiger partial charge in [0.2, 0.25) is 0 Å². The Hall–Kier alpha value is -0.880. The van der Waals surface area contributed by atoms with Gasteiger partial charge >= 0.3 is 6.18 Å². The van der Waals surface area contributed by atoms with Crippen molar-refractivity contribution in [1.82, 2.24) is 0 Å². The van der Waals surface area contributed by atoms with Gasteiger partial charge in [-0.1, -0.05) is 13.0 Å². The summed E-state index contributed by atoms with van der Waals surface area (Å²) < 4.78 is 39.4. The summed E-state index contributed by atoms with van der Waals surface area (Å²) in [6.07, 6.45) is -4.34. The van der Waals surface area contributed by atoms with Crippen molar-refractivity contribution in [2.45, 2.75) is 24.9 Å². The Morgan fingerprint density at radius 1 is 1.42 bits per heavy atom. The second-order valence-corrected chi connectivity index (χ2v) is 6.23. The van der Waals surface area contributed by atoms with Crippen LogP contribution < -0.4 is 10.6 Å². The highest BCUT2D eigenvalue weighted by Gasteiger charge is 2.35. The van der Waals surface area contributed by atoms with E-state index < -0.39 is 11.7 Å². The predicted octanol–water partition coefficient (Wildman–Crippen LogP) is 3.11. The summed E-state index contributed by atoms with van der Waals surface area (Å²) in [6, 6.07) is 4.40. The van der Waals surface area contributed by atoms with Gasteiger partial charge in [-0.25, -0.2) is 0 Å². The lowest BCUT2D eigenvalue weighted by Crippen LogP contribution is -2.37. The van der Waals surface area contributed by atoms with E-state index in [-0.39, 0.29) is 12.2 Å². The van der Waals surface area contributed by atoms with Gasteiger partial charge in [0.15, 0.2) is 0 Å². The Balaban J connectivity index is 2.38. The first-order chi connectivity index (χ1) is 8.91. The standard InChI is InChI=1S/C13H17F3N2S/c1-9-8-18(4-5-19-9)12-3-2-10(7-17)6-11(12)13(14,15)16/h2-3,6,9H,4-5,7-8,17H2,1H3. The fourth-order valence-electron chi connectivity index (χ4n) is 2.25. The third-order valence-corrected chi connectivity index (χ3v) is 4.32. The molecule has 1 heterocycles. The van der Waals surface area contributed by atoms with Crippen molar-refractivity contribution >= 4 is 17.4 Å². The van der Waals surface area contributed by atoms with Crippen LogP contribution in [0, 0.1) is 0 Å². The lowest BCUT2D eigenvalue weighted by Gasteiger charge is -2.34. The molecule has 2 nitrogen and oxygen atoms in total. The van der Waals surface area contributed by atoms with Gasteiger partial charge in [0, 0.05) is 36.3 Å². The number of nitrogens with zero attached hydrogens (tertiary/aromatic N) is 1. The zero-order valence-electron chi connectivity index (χ0n) is 10.7. The molecule has 0 radical (unpaired) electrons. The third-order valence-electron chi connectivity index (χ3n) is 3.18. The van der Waals surface area contributed by atoms with Gasteiger partial charge < -0.3 is 10.6 Å². The van der Waals surface area contributed by atoms with E-state index in [1.54, 1.807) is 23.9 Å². The minimum atomic E-state index is -4.34. The summed E-state index contributed by atoms with van der Waals surface area (Å²) in [5.74, 6) is 0.858. The van der Waals surface area contributed by atoms with Gasteiger partial charge in [0.1, 0.15) is 0 Å². The smallest absolute Gasteiger partial charge is 0.369 e. The summed E-state index contributed by atoms with van der Waals surface area (Å²) in [7, 11) is 0. The van der Waals surface area contributed by atoms with Crippen LogP contribution in [0.5, 0.6) is 0 Å². The van der Waals surface area contributed by atoms with Gasteiger partial charge in [0.05, 0.1) is 5.56 Å². The van der Waals surface area contributed by atoms with Gasteiger partial charge in [0.25, 0.3) is 0 Å². The van der Waals surface area contributed by atoms with Gasteiger partial charge in [-0.05, 0) is 17.7 Å². The van der Waals surface area contributed by atoms with Gasteiger partial charge in [-0.2, -0.15) is 24.9 Å². The molecule has 1 atom stereocenters. The van der Waals surface area contributed by atoms with Crippen LogP contribution in [0.25, 0.3) is 0 Å². The van der Waals surface area contributed by atoms with E-state index in [0.29, 0.717) is 23.9 Å². The summed E-state index contributed by atoms with van der Waals surface area (Å²) in [5, 5.41) is 0.351. The van der Waals surface area contributed by atoms with Crippen LogP contribution in [0.2, 0.25) is 0 Å². The maximum absolute atomic E-state index is 13.1. The molecular formula is C13H17F3N2S. The lowest BCUT2D eigenvalue weighted by atomic mass is 10.1. The average molecular weight is 290 g/mol. The number of rotatable bonds is 2. The lowest BCUT2D eigenvalue weighted by molar-refractivity contribution is -0.137. The Labute approximate surface area is 115 Å². The highest BCUT2D eigenvalue weighted by Crippen LogP contribution is 2.38. The number of halogens is 3. The van der Waals surface area contributed by atoms with Crippen LogP contribution in [0.1, 0.15) is 18.1 Å². The number of hydrogen-bond acceptors (Lipinski definition) is 3. The van der Waals surface area contributed by atoms with Crippen molar-refractivity contribution in [3.8, 4) is 0 Å². The number of alkyl halides is 3. The summed E-state index contributed by atoms with van der Waals surface area (Å²) >= 11 is 1.79. The molecule has 1 aliphatic rings. The SMILES string of the molecule is CC1CN(c2ccc(CN)cc2C(F)(F)F)CCS1. The van der Waals surface area contributed by atoms with Crippen LogP contribution in [0.4, 0.5) is 18.9 Å². The number of anilines is 1. The van der Waals surface area contributed by atoms with Crippen LogP contribution in [-0.2, 0) is 12.7 Å². The molecule has 1 fully saturated rings. The summed E-state index contributed by atoms with van der Waals surface area (Å²) in [4.78, 5) is 1.82. The highest BCUT2D eigenvalue weighted by molar-refractivity contribution is 8.00. The quantitative estimate of drug-likeness (QED) is 0.907. The Kier molecular flexibility index (Phi) is 4.30. The van der Waals surface area contributed by atoms with E-state index >= 15 is 0 Å².